The van der Waals surface area contributed by atoms with E-state index >= 15 is 0 Å². The fraction of sp³-hybridized carbons (Fsp3) is 0.815. The Morgan fingerprint density at radius 1 is 1.16 bits per heavy atom. The van der Waals surface area contributed by atoms with Gasteiger partial charge >= 0.3 is 0 Å². The molecule has 6 aliphatic rings. The Bertz CT molecular complexity index is 810. The van der Waals surface area contributed by atoms with Crippen LogP contribution in [-0.4, -0.2) is 37.5 Å². The minimum atomic E-state index is -0.162. The highest BCUT2D eigenvalue weighted by molar-refractivity contribution is 5.98. The van der Waals surface area contributed by atoms with Crippen LogP contribution in [-0.2, 0) is 19.0 Å². The van der Waals surface area contributed by atoms with E-state index in [1.807, 2.05) is 6.08 Å². The third-order valence-corrected chi connectivity index (χ3v) is 10.3. The zero-order valence-electron chi connectivity index (χ0n) is 19.3. The number of ether oxygens (including phenoxy) is 3. The van der Waals surface area contributed by atoms with Crippen LogP contribution in [0.2, 0.25) is 0 Å². The summed E-state index contributed by atoms with van der Waals surface area (Å²) in [5.74, 6) is 3.41. The number of epoxide rings is 1. The maximum absolute atomic E-state index is 12.3. The monoisotopic (exact) mass is 426 g/mol. The normalized spacial score (nSPS) is 51.3. The zero-order valence-corrected chi connectivity index (χ0v) is 19.3. The Balaban J connectivity index is 1.20. The first kappa shape index (κ1) is 20.6. The van der Waals surface area contributed by atoms with Crippen LogP contribution in [0.25, 0.3) is 0 Å². The van der Waals surface area contributed by atoms with Gasteiger partial charge in [0.2, 0.25) is 0 Å². The lowest BCUT2D eigenvalue weighted by Crippen LogP contribution is -2.52. The summed E-state index contributed by atoms with van der Waals surface area (Å²) in [5.41, 5.74) is 1.63. The van der Waals surface area contributed by atoms with Crippen molar-refractivity contribution < 1.29 is 19.0 Å². The largest absolute Gasteiger partial charge is 0.360 e. The highest BCUT2D eigenvalue weighted by Gasteiger charge is 2.66. The minimum absolute atomic E-state index is 0.0175. The molecule has 0 bridgehead atoms. The van der Waals surface area contributed by atoms with Crippen molar-refractivity contribution >= 4 is 5.78 Å². The van der Waals surface area contributed by atoms with Gasteiger partial charge in [-0.3, -0.25) is 4.79 Å². The number of hydrogen-bond acceptors (Lipinski definition) is 4. The standard InChI is InChI=1S/C27H38O4/c1-16(15-30-23-6-4-5-13-29-23)19-9-10-20-18-8-7-17-14-22(28)24-25(31-24)27(17,3)21(18)11-12-26(19,20)2/h7-8,14,16,18-21,23-25H,4-6,9-13,15H2,1-3H3/t16-,18+,19-,20+,21+,23?,24+,25+,26-,27+/m1/s1. The Labute approximate surface area is 186 Å². The van der Waals surface area contributed by atoms with Gasteiger partial charge in [0.05, 0.1) is 6.61 Å². The second-order valence-corrected chi connectivity index (χ2v) is 11.7. The van der Waals surface area contributed by atoms with Gasteiger partial charge in [-0.2, -0.15) is 0 Å². The fourth-order valence-electron chi connectivity index (χ4n) is 8.56. The van der Waals surface area contributed by atoms with Crippen molar-refractivity contribution in [2.24, 2.45) is 40.4 Å². The molecule has 2 heterocycles. The van der Waals surface area contributed by atoms with Crippen LogP contribution in [0, 0.1) is 40.4 Å². The van der Waals surface area contributed by atoms with Crippen molar-refractivity contribution in [1.29, 1.82) is 0 Å². The molecular weight excluding hydrogens is 388 g/mol. The topological polar surface area (TPSA) is 48.1 Å². The van der Waals surface area contributed by atoms with Crippen LogP contribution in [0.3, 0.4) is 0 Å². The van der Waals surface area contributed by atoms with Crippen molar-refractivity contribution in [2.75, 3.05) is 13.2 Å². The van der Waals surface area contributed by atoms with Crippen molar-refractivity contribution in [3.63, 3.8) is 0 Å². The summed E-state index contributed by atoms with van der Waals surface area (Å²) in [7, 11) is 0. The molecule has 4 heteroatoms. The predicted molar refractivity (Wildman–Crippen MR) is 118 cm³/mol. The molecule has 10 atom stereocenters. The molecule has 0 aromatic carbocycles. The molecule has 2 aliphatic heterocycles. The number of rotatable bonds is 4. The molecule has 0 spiro atoms. The Morgan fingerprint density at radius 3 is 2.84 bits per heavy atom. The van der Waals surface area contributed by atoms with Gasteiger partial charge in [0.15, 0.2) is 12.1 Å². The van der Waals surface area contributed by atoms with Crippen molar-refractivity contribution in [3.8, 4) is 0 Å². The fourth-order valence-corrected chi connectivity index (χ4v) is 8.56. The molecule has 31 heavy (non-hydrogen) atoms. The minimum Gasteiger partial charge on any atom is -0.360 e. The summed E-state index contributed by atoms with van der Waals surface area (Å²) in [5, 5.41) is 0. The molecule has 0 aromatic rings. The molecule has 1 unspecified atom stereocenters. The summed E-state index contributed by atoms with van der Waals surface area (Å²) < 4.78 is 17.9. The number of hydrogen-bond donors (Lipinski definition) is 0. The van der Waals surface area contributed by atoms with Gasteiger partial charge in [-0.25, -0.2) is 0 Å². The lowest BCUT2D eigenvalue weighted by atomic mass is 9.48. The lowest BCUT2D eigenvalue weighted by molar-refractivity contribution is -0.173. The summed E-state index contributed by atoms with van der Waals surface area (Å²) in [4.78, 5) is 12.3. The first-order valence-electron chi connectivity index (χ1n) is 12.8. The molecule has 2 saturated heterocycles. The van der Waals surface area contributed by atoms with E-state index in [4.69, 9.17) is 14.2 Å². The van der Waals surface area contributed by atoms with Crippen LogP contribution >= 0.6 is 0 Å². The molecule has 4 fully saturated rings. The summed E-state index contributed by atoms with van der Waals surface area (Å²) in [6.07, 6.45) is 15.2. The molecule has 170 valence electrons. The maximum Gasteiger partial charge on any atom is 0.187 e. The van der Waals surface area contributed by atoms with Crippen molar-refractivity contribution in [3.05, 3.63) is 23.8 Å². The van der Waals surface area contributed by atoms with Gasteiger partial charge in [0.25, 0.3) is 0 Å². The quantitative estimate of drug-likeness (QED) is 0.589. The average molecular weight is 427 g/mol. The van der Waals surface area contributed by atoms with E-state index in [1.165, 1.54) is 44.1 Å². The first-order chi connectivity index (χ1) is 14.9. The van der Waals surface area contributed by atoms with Crippen LogP contribution in [0.15, 0.2) is 23.8 Å². The van der Waals surface area contributed by atoms with E-state index < -0.39 is 0 Å². The number of carbonyl (C=O) groups excluding carboxylic acids is 1. The van der Waals surface area contributed by atoms with Gasteiger partial charge in [0.1, 0.15) is 12.2 Å². The van der Waals surface area contributed by atoms with Gasteiger partial charge in [-0.15, -0.1) is 0 Å². The van der Waals surface area contributed by atoms with E-state index in [0.29, 0.717) is 23.2 Å². The van der Waals surface area contributed by atoms with E-state index in [9.17, 15) is 4.79 Å². The third-order valence-electron chi connectivity index (χ3n) is 10.3. The number of ketones is 1. The molecule has 0 radical (unpaired) electrons. The Morgan fingerprint density at radius 2 is 2.03 bits per heavy atom. The molecule has 2 saturated carbocycles. The third kappa shape index (κ3) is 3.00. The van der Waals surface area contributed by atoms with Gasteiger partial charge in [-0.05, 0) is 91.6 Å². The Kier molecular flexibility index (Phi) is 4.83. The van der Waals surface area contributed by atoms with Gasteiger partial charge < -0.3 is 14.2 Å². The molecule has 0 N–H and O–H groups in total. The second-order valence-electron chi connectivity index (χ2n) is 11.7. The van der Waals surface area contributed by atoms with Crippen molar-refractivity contribution in [1.82, 2.24) is 0 Å². The number of allylic oxidation sites excluding steroid dienone is 2. The molecule has 4 aliphatic carbocycles. The van der Waals surface area contributed by atoms with Crippen molar-refractivity contribution in [2.45, 2.75) is 84.2 Å². The van der Waals surface area contributed by atoms with Gasteiger partial charge in [-0.1, -0.05) is 32.9 Å². The molecular formula is C27H38O4. The van der Waals surface area contributed by atoms with E-state index in [1.54, 1.807) is 0 Å². The Hall–Kier alpha value is -0.970. The summed E-state index contributed by atoms with van der Waals surface area (Å²) in [6, 6.07) is 0. The predicted octanol–water partition coefficient (Wildman–Crippen LogP) is 5.08. The molecule has 4 nitrogen and oxygen atoms in total. The van der Waals surface area contributed by atoms with E-state index in [-0.39, 0.29) is 29.7 Å². The maximum atomic E-state index is 12.3. The van der Waals surface area contributed by atoms with Crippen LogP contribution in [0.1, 0.15) is 65.7 Å². The molecule has 6 rings (SSSR count). The first-order valence-corrected chi connectivity index (χ1v) is 12.8. The highest BCUT2D eigenvalue weighted by Crippen LogP contribution is 2.67. The number of fused-ring (bicyclic) bond motifs is 7. The summed E-state index contributed by atoms with van der Waals surface area (Å²) in [6.45, 7) is 9.03. The van der Waals surface area contributed by atoms with Crippen LogP contribution in [0.5, 0.6) is 0 Å². The molecule has 0 aromatic heterocycles. The SMILES string of the molecule is C[C@H](COC1CCCCO1)[C@H]1CC[C@H]2[C@@H]3C=CC4=CC(=O)[C@@H]5O[C@@H]5[C@]4(C)[C@H]3CC[C@]12C. The number of carbonyl (C=O) groups is 1. The molecule has 0 amide bonds. The highest BCUT2D eigenvalue weighted by atomic mass is 16.7. The second kappa shape index (κ2) is 7.27. The van der Waals surface area contributed by atoms with E-state index in [0.717, 1.165) is 31.5 Å². The smallest absolute Gasteiger partial charge is 0.187 e. The average Bonchev–Trinajstić information content (AvgIpc) is 3.51. The lowest BCUT2D eigenvalue weighted by Gasteiger charge is -2.56. The van der Waals surface area contributed by atoms with E-state index in [2.05, 4.69) is 32.9 Å². The van der Waals surface area contributed by atoms with Crippen LogP contribution < -0.4 is 0 Å². The van der Waals surface area contributed by atoms with Gasteiger partial charge in [0, 0.05) is 12.0 Å². The summed E-state index contributed by atoms with van der Waals surface area (Å²) >= 11 is 0. The zero-order chi connectivity index (χ0) is 21.4. The van der Waals surface area contributed by atoms with Crippen LogP contribution in [0.4, 0.5) is 0 Å².